The van der Waals surface area contributed by atoms with E-state index in [-0.39, 0.29) is 5.91 Å². The molecule has 108 valence electrons. The summed E-state index contributed by atoms with van der Waals surface area (Å²) in [5.41, 5.74) is 1.25. The molecule has 0 atom stereocenters. The van der Waals surface area contributed by atoms with E-state index in [0.717, 1.165) is 19.5 Å². The monoisotopic (exact) mass is 274 g/mol. The highest BCUT2D eigenvalue weighted by atomic mass is 16.2. The Morgan fingerprint density at radius 1 is 1.25 bits per heavy atom. The molecule has 0 spiro atoms. The number of hydrogen-bond donors (Lipinski definition) is 0. The van der Waals surface area contributed by atoms with Crippen molar-refractivity contribution in [3.05, 3.63) is 30.1 Å². The van der Waals surface area contributed by atoms with Gasteiger partial charge in [-0.05, 0) is 31.2 Å². The van der Waals surface area contributed by atoms with E-state index >= 15 is 0 Å². The van der Waals surface area contributed by atoms with Crippen molar-refractivity contribution in [2.75, 3.05) is 33.7 Å². The maximum atomic E-state index is 11.8. The summed E-state index contributed by atoms with van der Waals surface area (Å²) in [6.07, 6.45) is 5.43. The van der Waals surface area contributed by atoms with Gasteiger partial charge in [-0.2, -0.15) is 5.26 Å². The van der Waals surface area contributed by atoms with Gasteiger partial charge in [0.25, 0.3) is 0 Å². The van der Waals surface area contributed by atoms with E-state index in [9.17, 15) is 4.79 Å². The summed E-state index contributed by atoms with van der Waals surface area (Å²) >= 11 is 0. The third-order valence-electron chi connectivity index (χ3n) is 3.22. The predicted molar refractivity (Wildman–Crippen MR) is 77.9 cm³/mol. The molecule has 0 N–H and O–H groups in total. The summed E-state index contributed by atoms with van der Waals surface area (Å²) in [5.74, 6) is 0.0935. The lowest BCUT2D eigenvalue weighted by Gasteiger charge is -2.19. The second kappa shape index (κ2) is 9.05. The maximum absolute atomic E-state index is 11.8. The minimum Gasteiger partial charge on any atom is -0.345 e. The number of rotatable bonds is 8. The number of pyridine rings is 1. The van der Waals surface area contributed by atoms with E-state index in [1.165, 1.54) is 5.56 Å². The van der Waals surface area contributed by atoms with E-state index in [0.29, 0.717) is 19.4 Å². The SMILES string of the molecule is CN(CCC(=O)N(C)CCC#N)CCc1ccncc1. The van der Waals surface area contributed by atoms with Gasteiger partial charge >= 0.3 is 0 Å². The van der Waals surface area contributed by atoms with Crippen LogP contribution >= 0.6 is 0 Å². The van der Waals surface area contributed by atoms with E-state index in [1.807, 2.05) is 25.2 Å². The van der Waals surface area contributed by atoms with Gasteiger partial charge in [0.1, 0.15) is 0 Å². The third-order valence-corrected chi connectivity index (χ3v) is 3.22. The summed E-state index contributed by atoms with van der Waals surface area (Å²) in [4.78, 5) is 19.6. The zero-order valence-electron chi connectivity index (χ0n) is 12.2. The Morgan fingerprint density at radius 3 is 2.60 bits per heavy atom. The van der Waals surface area contributed by atoms with Crippen LogP contribution in [0.3, 0.4) is 0 Å². The van der Waals surface area contributed by atoms with Crippen LogP contribution in [0.5, 0.6) is 0 Å². The predicted octanol–water partition coefficient (Wildman–Crippen LogP) is 1.32. The lowest BCUT2D eigenvalue weighted by atomic mass is 10.2. The average molecular weight is 274 g/mol. The molecule has 0 unspecified atom stereocenters. The highest BCUT2D eigenvalue weighted by Crippen LogP contribution is 2.00. The fourth-order valence-corrected chi connectivity index (χ4v) is 1.80. The molecule has 5 nitrogen and oxygen atoms in total. The fraction of sp³-hybridized carbons (Fsp3) is 0.533. The average Bonchev–Trinajstić information content (AvgIpc) is 2.49. The number of carbonyl (C=O) groups is 1. The van der Waals surface area contributed by atoms with Crippen molar-refractivity contribution < 1.29 is 4.79 Å². The second-order valence-electron chi connectivity index (χ2n) is 4.88. The van der Waals surface area contributed by atoms with Gasteiger partial charge in [-0.25, -0.2) is 0 Å². The molecule has 20 heavy (non-hydrogen) atoms. The van der Waals surface area contributed by atoms with Crippen LogP contribution in [0.15, 0.2) is 24.5 Å². The summed E-state index contributed by atoms with van der Waals surface area (Å²) < 4.78 is 0. The summed E-state index contributed by atoms with van der Waals surface area (Å²) in [7, 11) is 3.76. The van der Waals surface area contributed by atoms with Crippen LogP contribution in [0.1, 0.15) is 18.4 Å². The van der Waals surface area contributed by atoms with E-state index in [1.54, 1.807) is 24.3 Å². The van der Waals surface area contributed by atoms with E-state index in [4.69, 9.17) is 5.26 Å². The van der Waals surface area contributed by atoms with Gasteiger partial charge in [-0.1, -0.05) is 0 Å². The lowest BCUT2D eigenvalue weighted by Crippen LogP contribution is -2.32. The molecule has 0 aromatic carbocycles. The van der Waals surface area contributed by atoms with Crippen LogP contribution in [-0.4, -0.2) is 54.4 Å². The smallest absolute Gasteiger partial charge is 0.223 e. The highest BCUT2D eigenvalue weighted by molar-refractivity contribution is 5.76. The van der Waals surface area contributed by atoms with Crippen LogP contribution in [0.4, 0.5) is 0 Å². The van der Waals surface area contributed by atoms with E-state index in [2.05, 4.69) is 9.88 Å². The van der Waals surface area contributed by atoms with Crippen LogP contribution in [0.25, 0.3) is 0 Å². The van der Waals surface area contributed by atoms with E-state index < -0.39 is 0 Å². The van der Waals surface area contributed by atoms with Gasteiger partial charge in [0.15, 0.2) is 0 Å². The maximum Gasteiger partial charge on any atom is 0.223 e. The molecule has 1 amide bonds. The topological polar surface area (TPSA) is 60.2 Å². The molecular weight excluding hydrogens is 252 g/mol. The van der Waals surface area contributed by atoms with Crippen molar-refractivity contribution >= 4 is 5.91 Å². The van der Waals surface area contributed by atoms with Crippen molar-refractivity contribution in [2.45, 2.75) is 19.3 Å². The van der Waals surface area contributed by atoms with Crippen molar-refractivity contribution in [3.63, 3.8) is 0 Å². The first kappa shape index (κ1) is 16.1. The number of likely N-dealkylation sites (N-methyl/N-ethyl adjacent to an activating group) is 1. The molecule has 0 fully saturated rings. The number of amides is 1. The Bertz CT molecular complexity index is 441. The first-order chi connectivity index (χ1) is 9.63. The standard InChI is InChI=1S/C15H22N4O/c1-18(12-6-14-4-9-17-10-5-14)13-7-15(20)19(2)11-3-8-16/h4-5,9-10H,3,6-7,11-13H2,1-2H3. The minimum absolute atomic E-state index is 0.0935. The molecule has 5 heteroatoms. The van der Waals surface area contributed by atoms with Gasteiger partial charge in [-0.3, -0.25) is 9.78 Å². The first-order valence-electron chi connectivity index (χ1n) is 6.82. The van der Waals surface area contributed by atoms with Crippen molar-refractivity contribution in [1.29, 1.82) is 5.26 Å². The molecule has 1 rings (SSSR count). The normalized spacial score (nSPS) is 10.3. The Labute approximate surface area is 120 Å². The molecule has 0 radical (unpaired) electrons. The molecule has 1 aromatic rings. The number of hydrogen-bond acceptors (Lipinski definition) is 4. The first-order valence-corrected chi connectivity index (χ1v) is 6.82. The van der Waals surface area contributed by atoms with Gasteiger partial charge in [0, 0.05) is 45.5 Å². The minimum atomic E-state index is 0.0935. The van der Waals surface area contributed by atoms with Crippen LogP contribution < -0.4 is 0 Å². The van der Waals surface area contributed by atoms with Gasteiger partial charge in [-0.15, -0.1) is 0 Å². The molecule has 0 bridgehead atoms. The fourth-order valence-electron chi connectivity index (χ4n) is 1.80. The number of carbonyl (C=O) groups excluding carboxylic acids is 1. The van der Waals surface area contributed by atoms with Crippen molar-refractivity contribution in [3.8, 4) is 6.07 Å². The molecule has 0 aliphatic carbocycles. The summed E-state index contributed by atoms with van der Waals surface area (Å²) in [6.45, 7) is 2.16. The lowest BCUT2D eigenvalue weighted by molar-refractivity contribution is -0.130. The number of nitrogens with zero attached hydrogens (tertiary/aromatic N) is 4. The molecule has 0 aliphatic rings. The highest BCUT2D eigenvalue weighted by Gasteiger charge is 2.09. The summed E-state index contributed by atoms with van der Waals surface area (Å²) in [5, 5.41) is 8.49. The molecule has 1 aromatic heterocycles. The Kier molecular flexibility index (Phi) is 7.30. The molecule has 0 saturated carbocycles. The van der Waals surface area contributed by atoms with Crippen LogP contribution in [0.2, 0.25) is 0 Å². The zero-order chi connectivity index (χ0) is 14.8. The van der Waals surface area contributed by atoms with Crippen LogP contribution in [-0.2, 0) is 11.2 Å². The van der Waals surface area contributed by atoms with Gasteiger partial charge in [0.2, 0.25) is 5.91 Å². The number of nitriles is 1. The van der Waals surface area contributed by atoms with Crippen molar-refractivity contribution in [2.24, 2.45) is 0 Å². The number of aromatic nitrogens is 1. The Morgan fingerprint density at radius 2 is 1.95 bits per heavy atom. The second-order valence-corrected chi connectivity index (χ2v) is 4.88. The van der Waals surface area contributed by atoms with Gasteiger partial charge < -0.3 is 9.80 Å². The molecular formula is C15H22N4O. The van der Waals surface area contributed by atoms with Crippen molar-refractivity contribution in [1.82, 2.24) is 14.8 Å². The Hall–Kier alpha value is -1.93. The van der Waals surface area contributed by atoms with Gasteiger partial charge in [0.05, 0.1) is 12.5 Å². The quantitative estimate of drug-likeness (QED) is 0.717. The summed E-state index contributed by atoms with van der Waals surface area (Å²) in [6, 6.07) is 6.06. The largest absolute Gasteiger partial charge is 0.345 e. The Balaban J connectivity index is 2.21. The third kappa shape index (κ3) is 6.30. The molecule has 0 saturated heterocycles. The zero-order valence-corrected chi connectivity index (χ0v) is 12.2. The van der Waals surface area contributed by atoms with Crippen LogP contribution in [0, 0.1) is 11.3 Å². The molecule has 1 heterocycles. The molecule has 0 aliphatic heterocycles.